The van der Waals surface area contributed by atoms with Crippen molar-refractivity contribution in [2.45, 2.75) is 37.1 Å². The molecule has 0 radical (unpaired) electrons. The lowest BCUT2D eigenvalue weighted by Gasteiger charge is -2.38. The molecule has 2 saturated heterocycles. The summed E-state index contributed by atoms with van der Waals surface area (Å²) < 4.78 is 13.2. The minimum atomic E-state index is -0.680. The predicted octanol–water partition coefficient (Wildman–Crippen LogP) is 1.35. The number of ether oxygens (including phenoxy) is 2. The zero-order chi connectivity index (χ0) is 15.8. The van der Waals surface area contributed by atoms with Crippen LogP contribution in [0, 0.1) is 0 Å². The molecule has 1 aromatic heterocycles. The lowest BCUT2D eigenvalue weighted by atomic mass is 9.96. The summed E-state index contributed by atoms with van der Waals surface area (Å²) >= 11 is 5.94. The number of benzene rings is 1. The van der Waals surface area contributed by atoms with Crippen LogP contribution in [-0.2, 0) is 16.0 Å². The minimum Gasteiger partial charge on any atom is -0.389 e. The van der Waals surface area contributed by atoms with Gasteiger partial charge in [-0.15, -0.1) is 0 Å². The summed E-state index contributed by atoms with van der Waals surface area (Å²) in [4.78, 5) is 0. The number of nitrogens with one attached hydrogen (secondary N) is 1. The number of aliphatic hydroxyl groups is 1. The molecule has 0 amide bonds. The van der Waals surface area contributed by atoms with E-state index in [1.807, 2.05) is 30.3 Å². The Morgan fingerprint density at radius 1 is 1.35 bits per heavy atom. The molecule has 2 aliphatic heterocycles. The number of halogens is 1. The first-order valence-electron chi connectivity index (χ1n) is 7.64. The normalized spacial score (nSPS) is 33.0. The van der Waals surface area contributed by atoms with Crippen molar-refractivity contribution < 1.29 is 14.6 Å². The van der Waals surface area contributed by atoms with E-state index in [9.17, 15) is 5.11 Å². The van der Waals surface area contributed by atoms with Gasteiger partial charge in [-0.25, -0.2) is 0 Å². The van der Waals surface area contributed by atoms with Crippen LogP contribution in [0.4, 0.5) is 0 Å². The van der Waals surface area contributed by atoms with E-state index in [1.165, 1.54) is 0 Å². The van der Waals surface area contributed by atoms with Gasteiger partial charge >= 0.3 is 0 Å². The topological polar surface area (TPSA) is 68.5 Å². The van der Waals surface area contributed by atoms with Gasteiger partial charge in [0, 0.05) is 12.7 Å². The quantitative estimate of drug-likeness (QED) is 0.883. The molecular weight excluding hydrogens is 318 g/mol. The van der Waals surface area contributed by atoms with Crippen molar-refractivity contribution in [3.8, 4) is 0 Å². The monoisotopic (exact) mass is 335 g/mol. The Balaban J connectivity index is 1.52. The van der Waals surface area contributed by atoms with Crippen LogP contribution in [-0.4, -0.2) is 46.0 Å². The van der Waals surface area contributed by atoms with Gasteiger partial charge in [0.15, 0.2) is 6.29 Å². The van der Waals surface area contributed by atoms with Crippen LogP contribution in [0.25, 0.3) is 0 Å². The van der Waals surface area contributed by atoms with E-state index in [0.29, 0.717) is 18.2 Å². The van der Waals surface area contributed by atoms with Crippen LogP contribution in [0.3, 0.4) is 0 Å². The van der Waals surface area contributed by atoms with Gasteiger partial charge < -0.3 is 19.9 Å². The molecule has 6 nitrogen and oxygen atoms in total. The highest BCUT2D eigenvalue weighted by Gasteiger charge is 2.51. The number of rotatable bonds is 4. The Morgan fingerprint density at radius 3 is 2.91 bits per heavy atom. The van der Waals surface area contributed by atoms with Crippen LogP contribution < -0.4 is 5.32 Å². The van der Waals surface area contributed by atoms with Crippen LogP contribution in [0.15, 0.2) is 42.7 Å². The van der Waals surface area contributed by atoms with E-state index in [0.717, 1.165) is 5.56 Å². The van der Waals surface area contributed by atoms with Crippen molar-refractivity contribution in [1.29, 1.82) is 0 Å². The lowest BCUT2D eigenvalue weighted by Crippen LogP contribution is -2.57. The Labute approximate surface area is 139 Å². The molecule has 4 rings (SSSR count). The average molecular weight is 336 g/mol. The number of hydrogen-bond donors (Lipinski definition) is 2. The fourth-order valence-electron chi connectivity index (χ4n) is 3.24. The van der Waals surface area contributed by atoms with Crippen molar-refractivity contribution in [3.63, 3.8) is 0 Å². The van der Waals surface area contributed by atoms with Crippen LogP contribution in [0.2, 0.25) is 5.02 Å². The first-order valence-corrected chi connectivity index (χ1v) is 8.02. The van der Waals surface area contributed by atoms with Gasteiger partial charge in [0.25, 0.3) is 0 Å². The van der Waals surface area contributed by atoms with Gasteiger partial charge in [0.05, 0.1) is 30.0 Å². The predicted molar refractivity (Wildman–Crippen MR) is 84.0 cm³/mol. The molecule has 2 aliphatic rings. The van der Waals surface area contributed by atoms with Gasteiger partial charge in [-0.05, 0) is 5.56 Å². The number of aromatic nitrogens is 2. The SMILES string of the molecule is O[C@H]1[C@H](NCc2ccccc2)[C@H]2CO[C@H](O2)[C@@H]1n1cc(Cl)cn1. The largest absolute Gasteiger partial charge is 0.389 e. The summed E-state index contributed by atoms with van der Waals surface area (Å²) in [5.74, 6) is 0. The van der Waals surface area contributed by atoms with Crippen LogP contribution >= 0.6 is 11.6 Å². The van der Waals surface area contributed by atoms with Crippen molar-refractivity contribution in [2.75, 3.05) is 6.61 Å². The number of fused-ring (bicyclic) bond motifs is 2. The maximum absolute atomic E-state index is 10.8. The highest BCUT2D eigenvalue weighted by molar-refractivity contribution is 6.30. The maximum Gasteiger partial charge on any atom is 0.183 e. The van der Waals surface area contributed by atoms with E-state index >= 15 is 0 Å². The van der Waals surface area contributed by atoms with E-state index in [4.69, 9.17) is 21.1 Å². The first-order chi connectivity index (χ1) is 11.2. The molecule has 3 heterocycles. The number of nitrogens with zero attached hydrogens (tertiary/aromatic N) is 2. The number of hydrogen-bond acceptors (Lipinski definition) is 5. The average Bonchev–Trinajstić information content (AvgIpc) is 3.17. The van der Waals surface area contributed by atoms with Crippen molar-refractivity contribution in [3.05, 3.63) is 53.3 Å². The highest BCUT2D eigenvalue weighted by Crippen LogP contribution is 2.35. The summed E-state index contributed by atoms with van der Waals surface area (Å²) in [5.41, 5.74) is 1.15. The zero-order valence-corrected chi connectivity index (χ0v) is 13.1. The third-order valence-electron chi connectivity index (χ3n) is 4.39. The summed E-state index contributed by atoms with van der Waals surface area (Å²) in [6, 6.07) is 9.40. The fraction of sp³-hybridized carbons (Fsp3) is 0.438. The fourth-order valence-corrected chi connectivity index (χ4v) is 3.39. The molecule has 5 atom stereocenters. The van der Waals surface area contributed by atoms with Gasteiger partial charge in [-0.2, -0.15) is 5.10 Å². The molecule has 0 unspecified atom stereocenters. The molecule has 1 aromatic carbocycles. The molecule has 2 N–H and O–H groups in total. The number of aliphatic hydroxyl groups excluding tert-OH is 1. The Kier molecular flexibility index (Phi) is 4.09. The maximum atomic E-state index is 10.8. The molecule has 0 aliphatic carbocycles. The van der Waals surface area contributed by atoms with E-state index in [-0.39, 0.29) is 12.1 Å². The Morgan fingerprint density at radius 2 is 2.17 bits per heavy atom. The van der Waals surface area contributed by atoms with Crippen LogP contribution in [0.5, 0.6) is 0 Å². The van der Waals surface area contributed by atoms with E-state index < -0.39 is 18.4 Å². The second-order valence-electron chi connectivity index (χ2n) is 5.89. The Hall–Kier alpha value is -1.44. The summed E-state index contributed by atoms with van der Waals surface area (Å²) in [5, 5.41) is 18.9. The summed E-state index contributed by atoms with van der Waals surface area (Å²) in [7, 11) is 0. The van der Waals surface area contributed by atoms with E-state index in [1.54, 1.807) is 17.1 Å². The molecule has 23 heavy (non-hydrogen) atoms. The third kappa shape index (κ3) is 2.88. The molecule has 0 saturated carbocycles. The van der Waals surface area contributed by atoms with Crippen molar-refractivity contribution >= 4 is 11.6 Å². The summed E-state index contributed by atoms with van der Waals surface area (Å²) in [6.07, 6.45) is 1.87. The zero-order valence-electron chi connectivity index (χ0n) is 12.4. The molecule has 2 bridgehead atoms. The molecule has 0 spiro atoms. The first kappa shape index (κ1) is 15.1. The van der Waals surface area contributed by atoms with Gasteiger partial charge in [0.2, 0.25) is 0 Å². The van der Waals surface area contributed by atoms with Gasteiger partial charge in [-0.1, -0.05) is 41.9 Å². The molecule has 122 valence electrons. The van der Waals surface area contributed by atoms with E-state index in [2.05, 4.69) is 10.4 Å². The molecule has 2 aromatic rings. The second kappa shape index (κ2) is 6.22. The van der Waals surface area contributed by atoms with Crippen LogP contribution in [0.1, 0.15) is 11.6 Å². The van der Waals surface area contributed by atoms with Crippen molar-refractivity contribution in [1.82, 2.24) is 15.1 Å². The highest BCUT2D eigenvalue weighted by atomic mass is 35.5. The minimum absolute atomic E-state index is 0.166. The van der Waals surface area contributed by atoms with Crippen molar-refractivity contribution in [2.24, 2.45) is 0 Å². The molecular formula is C16H18ClN3O3. The Bertz CT molecular complexity index is 666. The van der Waals surface area contributed by atoms with Gasteiger partial charge in [0.1, 0.15) is 12.1 Å². The summed E-state index contributed by atoms with van der Waals surface area (Å²) in [6.45, 7) is 1.11. The molecule has 7 heteroatoms. The van der Waals surface area contributed by atoms with Gasteiger partial charge in [-0.3, -0.25) is 4.68 Å². The molecule has 2 fully saturated rings. The third-order valence-corrected chi connectivity index (χ3v) is 4.59. The standard InChI is InChI=1S/C16H18ClN3O3/c17-11-7-19-20(8-11)14-15(21)13(12-9-22-16(14)23-12)18-6-10-4-2-1-3-5-10/h1-5,7-8,12-16,18,21H,6,9H2/t12-,13-,14-,15+,16-/m1/s1. The lowest BCUT2D eigenvalue weighted by molar-refractivity contribution is -0.168. The smallest absolute Gasteiger partial charge is 0.183 e. The second-order valence-corrected chi connectivity index (χ2v) is 6.32.